The number of furan rings is 1. The number of thioether (sulfide) groups is 1. The highest BCUT2D eigenvalue weighted by Crippen LogP contribution is 2.21. The van der Waals surface area contributed by atoms with Crippen molar-refractivity contribution in [2.45, 2.75) is 44.9 Å². The Morgan fingerprint density at radius 3 is 3.00 bits per heavy atom. The van der Waals surface area contributed by atoms with Crippen molar-refractivity contribution in [1.29, 1.82) is 0 Å². The SMILES string of the molecule is CSCC(C)N(C)Cc1occc1CNC1CC1. The zero-order valence-corrected chi connectivity index (χ0v) is 12.4. The fourth-order valence-corrected chi connectivity index (χ4v) is 2.69. The Kier molecular flexibility index (Phi) is 5.15. The fourth-order valence-electron chi connectivity index (χ4n) is 1.96. The van der Waals surface area contributed by atoms with Gasteiger partial charge in [0, 0.05) is 29.9 Å². The van der Waals surface area contributed by atoms with Gasteiger partial charge in [-0.15, -0.1) is 0 Å². The molecule has 0 aromatic carbocycles. The van der Waals surface area contributed by atoms with Crippen LogP contribution in [0.25, 0.3) is 0 Å². The Morgan fingerprint density at radius 2 is 2.33 bits per heavy atom. The van der Waals surface area contributed by atoms with Crippen molar-refractivity contribution >= 4 is 11.8 Å². The smallest absolute Gasteiger partial charge is 0.122 e. The third kappa shape index (κ3) is 4.04. The molecule has 1 aliphatic carbocycles. The molecule has 0 aliphatic heterocycles. The molecule has 3 nitrogen and oxygen atoms in total. The standard InChI is InChI=1S/C14H24N2OS/c1-11(10-18-3)16(2)9-14-12(6-7-17-14)8-15-13-4-5-13/h6-7,11,13,15H,4-5,8-10H2,1-3H3. The van der Waals surface area contributed by atoms with Crippen molar-refractivity contribution in [2.75, 3.05) is 19.1 Å². The monoisotopic (exact) mass is 268 g/mol. The molecular formula is C14H24N2OS. The molecule has 1 aliphatic rings. The first-order chi connectivity index (χ1) is 8.70. The molecular weight excluding hydrogens is 244 g/mol. The molecule has 1 heterocycles. The molecule has 1 aromatic heterocycles. The van der Waals surface area contributed by atoms with Gasteiger partial charge in [0.1, 0.15) is 5.76 Å². The maximum absolute atomic E-state index is 5.63. The molecule has 102 valence electrons. The lowest BCUT2D eigenvalue weighted by Gasteiger charge is -2.23. The lowest BCUT2D eigenvalue weighted by atomic mass is 10.2. The summed E-state index contributed by atoms with van der Waals surface area (Å²) in [4.78, 5) is 2.36. The first-order valence-electron chi connectivity index (χ1n) is 6.68. The van der Waals surface area contributed by atoms with Crippen LogP contribution in [-0.4, -0.2) is 36.0 Å². The molecule has 0 bridgehead atoms. The van der Waals surface area contributed by atoms with Crippen LogP contribution in [0.3, 0.4) is 0 Å². The molecule has 1 atom stereocenters. The van der Waals surface area contributed by atoms with Crippen molar-refractivity contribution in [2.24, 2.45) is 0 Å². The van der Waals surface area contributed by atoms with Crippen molar-refractivity contribution in [3.8, 4) is 0 Å². The molecule has 1 N–H and O–H groups in total. The van der Waals surface area contributed by atoms with Gasteiger partial charge in [0.2, 0.25) is 0 Å². The highest BCUT2D eigenvalue weighted by Gasteiger charge is 2.21. The van der Waals surface area contributed by atoms with Gasteiger partial charge in [-0.25, -0.2) is 0 Å². The molecule has 1 unspecified atom stereocenters. The lowest BCUT2D eigenvalue weighted by Crippen LogP contribution is -2.30. The zero-order chi connectivity index (χ0) is 13.0. The van der Waals surface area contributed by atoms with Crippen LogP contribution in [-0.2, 0) is 13.1 Å². The Bertz CT molecular complexity index is 362. The Hall–Kier alpha value is -0.450. The molecule has 0 saturated heterocycles. The summed E-state index contributed by atoms with van der Waals surface area (Å²) in [5, 5.41) is 3.54. The second-order valence-electron chi connectivity index (χ2n) is 5.24. The lowest BCUT2D eigenvalue weighted by molar-refractivity contribution is 0.245. The summed E-state index contributed by atoms with van der Waals surface area (Å²) < 4.78 is 5.63. The molecule has 1 fully saturated rings. The van der Waals surface area contributed by atoms with Gasteiger partial charge in [-0.05, 0) is 39.1 Å². The third-order valence-electron chi connectivity index (χ3n) is 3.55. The van der Waals surface area contributed by atoms with Crippen molar-refractivity contribution in [3.63, 3.8) is 0 Å². The predicted octanol–water partition coefficient (Wildman–Crippen LogP) is 2.71. The van der Waals surface area contributed by atoms with E-state index in [1.165, 1.54) is 18.4 Å². The van der Waals surface area contributed by atoms with E-state index in [2.05, 4.69) is 36.5 Å². The summed E-state index contributed by atoms with van der Waals surface area (Å²) in [5.74, 6) is 2.27. The molecule has 0 radical (unpaired) electrons. The first-order valence-corrected chi connectivity index (χ1v) is 8.08. The van der Waals surface area contributed by atoms with Crippen LogP contribution in [0, 0.1) is 0 Å². The van der Waals surface area contributed by atoms with Gasteiger partial charge in [0.05, 0.1) is 12.8 Å². The fraction of sp³-hybridized carbons (Fsp3) is 0.714. The quantitative estimate of drug-likeness (QED) is 0.785. The molecule has 2 rings (SSSR count). The number of hydrogen-bond donors (Lipinski definition) is 1. The van der Waals surface area contributed by atoms with E-state index in [0.29, 0.717) is 6.04 Å². The summed E-state index contributed by atoms with van der Waals surface area (Å²) in [6.07, 6.45) is 6.63. The summed E-state index contributed by atoms with van der Waals surface area (Å²) in [6.45, 7) is 4.11. The van der Waals surface area contributed by atoms with E-state index in [-0.39, 0.29) is 0 Å². The van der Waals surface area contributed by atoms with E-state index >= 15 is 0 Å². The Balaban J connectivity index is 1.85. The summed E-state index contributed by atoms with van der Waals surface area (Å²) in [6, 6.07) is 3.42. The number of hydrogen-bond acceptors (Lipinski definition) is 4. The number of nitrogens with zero attached hydrogens (tertiary/aromatic N) is 1. The van der Waals surface area contributed by atoms with E-state index in [9.17, 15) is 0 Å². The third-order valence-corrected chi connectivity index (χ3v) is 4.37. The van der Waals surface area contributed by atoms with Gasteiger partial charge in [-0.2, -0.15) is 11.8 Å². The van der Waals surface area contributed by atoms with E-state index in [0.717, 1.165) is 30.6 Å². The topological polar surface area (TPSA) is 28.4 Å². The van der Waals surface area contributed by atoms with Crippen LogP contribution >= 0.6 is 11.8 Å². The van der Waals surface area contributed by atoms with Crippen molar-refractivity contribution in [3.05, 3.63) is 23.7 Å². The first kappa shape index (κ1) is 14.0. The zero-order valence-electron chi connectivity index (χ0n) is 11.6. The van der Waals surface area contributed by atoms with E-state index in [1.807, 2.05) is 18.0 Å². The minimum Gasteiger partial charge on any atom is -0.468 e. The van der Waals surface area contributed by atoms with E-state index in [4.69, 9.17) is 4.42 Å². The highest BCUT2D eigenvalue weighted by atomic mass is 32.2. The van der Waals surface area contributed by atoms with Crippen LogP contribution in [0.1, 0.15) is 31.1 Å². The molecule has 1 aromatic rings. The van der Waals surface area contributed by atoms with Crippen LogP contribution in [0.15, 0.2) is 16.7 Å². The van der Waals surface area contributed by atoms with E-state index in [1.54, 1.807) is 0 Å². The number of nitrogens with one attached hydrogen (secondary N) is 1. The summed E-state index contributed by atoms with van der Waals surface area (Å²) in [7, 11) is 2.17. The van der Waals surface area contributed by atoms with Crippen LogP contribution in [0.4, 0.5) is 0 Å². The molecule has 1 saturated carbocycles. The molecule has 4 heteroatoms. The van der Waals surface area contributed by atoms with E-state index < -0.39 is 0 Å². The minimum absolute atomic E-state index is 0.578. The van der Waals surface area contributed by atoms with Gasteiger partial charge in [-0.3, -0.25) is 4.90 Å². The van der Waals surface area contributed by atoms with Crippen molar-refractivity contribution < 1.29 is 4.42 Å². The van der Waals surface area contributed by atoms with Crippen molar-refractivity contribution in [1.82, 2.24) is 10.2 Å². The Morgan fingerprint density at radius 1 is 1.56 bits per heavy atom. The van der Waals surface area contributed by atoms with Crippen LogP contribution < -0.4 is 5.32 Å². The highest BCUT2D eigenvalue weighted by molar-refractivity contribution is 7.98. The van der Waals surface area contributed by atoms with Gasteiger partial charge < -0.3 is 9.73 Å². The second-order valence-corrected chi connectivity index (χ2v) is 6.15. The summed E-state index contributed by atoms with van der Waals surface area (Å²) >= 11 is 1.89. The molecule has 0 spiro atoms. The van der Waals surface area contributed by atoms with Crippen LogP contribution in [0.2, 0.25) is 0 Å². The largest absolute Gasteiger partial charge is 0.468 e. The average Bonchev–Trinajstić information content (AvgIpc) is 3.08. The normalized spacial score (nSPS) is 17.3. The minimum atomic E-state index is 0.578. The van der Waals surface area contributed by atoms with Crippen LogP contribution in [0.5, 0.6) is 0 Å². The molecule has 18 heavy (non-hydrogen) atoms. The van der Waals surface area contributed by atoms with Gasteiger partial charge in [0.15, 0.2) is 0 Å². The summed E-state index contributed by atoms with van der Waals surface area (Å²) in [5.41, 5.74) is 1.31. The van der Waals surface area contributed by atoms with Gasteiger partial charge >= 0.3 is 0 Å². The maximum atomic E-state index is 5.63. The van der Waals surface area contributed by atoms with Gasteiger partial charge in [-0.1, -0.05) is 0 Å². The molecule has 0 amide bonds. The second kappa shape index (κ2) is 6.64. The average molecular weight is 268 g/mol. The van der Waals surface area contributed by atoms with Gasteiger partial charge in [0.25, 0.3) is 0 Å². The maximum Gasteiger partial charge on any atom is 0.122 e. The predicted molar refractivity (Wildman–Crippen MR) is 77.9 cm³/mol. The number of rotatable bonds is 8. The Labute approximate surface area is 114 Å².